The molecule has 1 nitrogen and oxygen atoms in total. The average Bonchev–Trinajstić information content (AvgIpc) is 2.71. The van der Waals surface area contributed by atoms with Crippen LogP contribution in [0, 0.1) is 0 Å². The lowest BCUT2D eigenvalue weighted by Crippen LogP contribution is -1.88. The zero-order valence-corrected chi connectivity index (χ0v) is 16.2. The first-order valence-corrected chi connectivity index (χ1v) is 8.82. The number of rotatable bonds is 4. The molecule has 130 valence electrons. The van der Waals surface area contributed by atoms with Crippen LogP contribution in [0.2, 0.25) is 0 Å². The molecule has 0 aliphatic rings. The van der Waals surface area contributed by atoms with Gasteiger partial charge in [0.25, 0.3) is 0 Å². The number of hydrogen-bond acceptors (Lipinski definition) is 1. The van der Waals surface area contributed by atoms with Crippen molar-refractivity contribution in [3.05, 3.63) is 79.0 Å². The summed E-state index contributed by atoms with van der Waals surface area (Å²) < 4.78 is 0. The fourth-order valence-corrected chi connectivity index (χ4v) is 1.73. The Hall–Kier alpha value is -2.41. The standard InChI is InChI=1S/C17H15N.3C2H6/c1-3-5-9-16-12-17(18-13-14(16)4-2)15-10-7-6-8-11-15;3*1-2/h3-13H,1-2H2;3*1-2H3/b9-5-;;;. The third-order valence-electron chi connectivity index (χ3n) is 2.67. The first-order valence-electron chi connectivity index (χ1n) is 8.82. The molecule has 0 aliphatic carbocycles. The van der Waals surface area contributed by atoms with Crippen LogP contribution in [0.25, 0.3) is 23.4 Å². The highest BCUT2D eigenvalue weighted by Crippen LogP contribution is 2.21. The van der Waals surface area contributed by atoms with E-state index in [9.17, 15) is 0 Å². The maximum absolute atomic E-state index is 4.46. The summed E-state index contributed by atoms with van der Waals surface area (Å²) in [7, 11) is 0. The van der Waals surface area contributed by atoms with Crippen LogP contribution in [0.15, 0.2) is 67.9 Å². The van der Waals surface area contributed by atoms with Gasteiger partial charge in [-0.1, -0.05) is 109 Å². The molecule has 1 aromatic heterocycles. The van der Waals surface area contributed by atoms with Crippen LogP contribution in [0.1, 0.15) is 52.7 Å². The molecule has 0 saturated heterocycles. The van der Waals surface area contributed by atoms with Gasteiger partial charge in [-0.05, 0) is 17.2 Å². The van der Waals surface area contributed by atoms with Crippen LogP contribution in [0.4, 0.5) is 0 Å². The second-order valence-electron chi connectivity index (χ2n) is 3.86. The Morgan fingerprint density at radius 1 is 0.833 bits per heavy atom. The molecular formula is C23H33N. The normalized spacial score (nSPS) is 8.58. The summed E-state index contributed by atoms with van der Waals surface area (Å²) in [5, 5.41) is 0. The summed E-state index contributed by atoms with van der Waals surface area (Å²) in [6, 6.07) is 12.2. The van der Waals surface area contributed by atoms with Crippen LogP contribution >= 0.6 is 0 Å². The highest BCUT2D eigenvalue weighted by atomic mass is 14.7. The van der Waals surface area contributed by atoms with Gasteiger partial charge in [0.2, 0.25) is 0 Å². The summed E-state index contributed by atoms with van der Waals surface area (Å²) in [6.07, 6.45) is 9.34. The van der Waals surface area contributed by atoms with Gasteiger partial charge in [0.15, 0.2) is 0 Å². The summed E-state index contributed by atoms with van der Waals surface area (Å²) >= 11 is 0. The highest BCUT2D eigenvalue weighted by Gasteiger charge is 2.02. The minimum atomic E-state index is 0.963. The quantitative estimate of drug-likeness (QED) is 0.526. The van der Waals surface area contributed by atoms with Crippen molar-refractivity contribution in [3.8, 4) is 11.3 Å². The molecule has 0 N–H and O–H groups in total. The summed E-state index contributed by atoms with van der Waals surface area (Å²) in [4.78, 5) is 4.46. The lowest BCUT2D eigenvalue weighted by Gasteiger charge is -2.05. The van der Waals surface area contributed by atoms with Crippen LogP contribution in [0.3, 0.4) is 0 Å². The smallest absolute Gasteiger partial charge is 0.0708 e. The van der Waals surface area contributed by atoms with E-state index in [4.69, 9.17) is 0 Å². The topological polar surface area (TPSA) is 12.9 Å². The maximum atomic E-state index is 4.46. The van der Waals surface area contributed by atoms with Gasteiger partial charge in [0.1, 0.15) is 0 Å². The minimum absolute atomic E-state index is 0.963. The van der Waals surface area contributed by atoms with Crippen molar-refractivity contribution < 1.29 is 0 Å². The third-order valence-corrected chi connectivity index (χ3v) is 2.67. The van der Waals surface area contributed by atoms with E-state index < -0.39 is 0 Å². The summed E-state index contributed by atoms with van der Waals surface area (Å²) in [5.41, 5.74) is 4.19. The number of hydrogen-bond donors (Lipinski definition) is 0. The number of nitrogens with zero attached hydrogens (tertiary/aromatic N) is 1. The molecule has 1 heterocycles. The van der Waals surface area contributed by atoms with Gasteiger partial charge in [-0.25, -0.2) is 0 Å². The molecule has 2 aromatic rings. The lowest BCUT2D eigenvalue weighted by molar-refractivity contribution is 1.31. The molecule has 1 aromatic carbocycles. The maximum Gasteiger partial charge on any atom is 0.0708 e. The molecule has 0 spiro atoms. The van der Waals surface area contributed by atoms with Gasteiger partial charge < -0.3 is 0 Å². The van der Waals surface area contributed by atoms with E-state index in [1.165, 1.54) is 0 Å². The molecule has 0 fully saturated rings. The summed E-state index contributed by atoms with van der Waals surface area (Å²) in [5.74, 6) is 0. The Balaban J connectivity index is 0. The Kier molecular flexibility index (Phi) is 16.8. The number of pyridine rings is 1. The second kappa shape index (κ2) is 17.0. The zero-order valence-electron chi connectivity index (χ0n) is 16.2. The minimum Gasteiger partial charge on any atom is -0.256 e. The number of aromatic nitrogens is 1. The Morgan fingerprint density at radius 3 is 1.92 bits per heavy atom. The number of benzene rings is 1. The van der Waals surface area contributed by atoms with E-state index in [0.29, 0.717) is 0 Å². The molecule has 0 aliphatic heterocycles. The largest absolute Gasteiger partial charge is 0.256 e. The van der Waals surface area contributed by atoms with Gasteiger partial charge in [-0.2, -0.15) is 0 Å². The van der Waals surface area contributed by atoms with Crippen LogP contribution < -0.4 is 0 Å². The van der Waals surface area contributed by atoms with E-state index >= 15 is 0 Å². The molecule has 0 amide bonds. The predicted octanol–water partition coefficient (Wildman–Crippen LogP) is 7.67. The Labute approximate surface area is 149 Å². The molecule has 0 radical (unpaired) electrons. The van der Waals surface area contributed by atoms with Crippen molar-refractivity contribution >= 4 is 12.2 Å². The van der Waals surface area contributed by atoms with Crippen LogP contribution in [-0.4, -0.2) is 4.98 Å². The fraction of sp³-hybridized carbons (Fsp3) is 0.261. The molecule has 24 heavy (non-hydrogen) atoms. The predicted molar refractivity (Wildman–Crippen MR) is 113 cm³/mol. The summed E-state index contributed by atoms with van der Waals surface area (Å²) in [6.45, 7) is 19.5. The monoisotopic (exact) mass is 323 g/mol. The van der Waals surface area contributed by atoms with Crippen molar-refractivity contribution in [3.63, 3.8) is 0 Å². The fourth-order valence-electron chi connectivity index (χ4n) is 1.73. The highest BCUT2D eigenvalue weighted by molar-refractivity contribution is 5.70. The van der Waals surface area contributed by atoms with E-state index in [0.717, 1.165) is 22.4 Å². The lowest BCUT2D eigenvalue weighted by atomic mass is 10.0. The van der Waals surface area contributed by atoms with Crippen molar-refractivity contribution in [2.45, 2.75) is 41.5 Å². The number of allylic oxidation sites excluding steroid dienone is 2. The van der Waals surface area contributed by atoms with Crippen molar-refractivity contribution in [2.75, 3.05) is 0 Å². The molecule has 0 saturated carbocycles. The van der Waals surface area contributed by atoms with Crippen molar-refractivity contribution in [1.29, 1.82) is 0 Å². The first-order chi connectivity index (χ1) is 11.8. The van der Waals surface area contributed by atoms with Crippen LogP contribution in [-0.2, 0) is 0 Å². The van der Waals surface area contributed by atoms with Crippen LogP contribution in [0.5, 0.6) is 0 Å². The van der Waals surface area contributed by atoms with Gasteiger partial charge in [-0.3, -0.25) is 4.98 Å². The van der Waals surface area contributed by atoms with E-state index in [-0.39, 0.29) is 0 Å². The Bertz CT molecular complexity index is 580. The zero-order chi connectivity index (χ0) is 18.8. The molecule has 0 atom stereocenters. The van der Waals surface area contributed by atoms with Gasteiger partial charge in [-0.15, -0.1) is 0 Å². The Morgan fingerprint density at radius 2 is 1.42 bits per heavy atom. The van der Waals surface area contributed by atoms with E-state index in [1.807, 2.05) is 84.2 Å². The first kappa shape index (κ1) is 23.9. The molecule has 2 rings (SSSR count). The third kappa shape index (κ3) is 8.28. The van der Waals surface area contributed by atoms with Crippen molar-refractivity contribution in [2.24, 2.45) is 0 Å². The molecule has 0 unspecified atom stereocenters. The van der Waals surface area contributed by atoms with Crippen molar-refractivity contribution in [1.82, 2.24) is 4.98 Å². The van der Waals surface area contributed by atoms with E-state index in [1.54, 1.807) is 6.08 Å². The van der Waals surface area contributed by atoms with Gasteiger partial charge >= 0.3 is 0 Å². The second-order valence-corrected chi connectivity index (χ2v) is 3.86. The molecule has 0 bridgehead atoms. The molecular weight excluding hydrogens is 290 g/mol. The van der Waals surface area contributed by atoms with E-state index in [2.05, 4.69) is 36.3 Å². The average molecular weight is 324 g/mol. The SMILES string of the molecule is C=C/C=C\c1cc(-c2ccccc2)ncc1C=C.CC.CC.CC. The molecule has 1 heteroatoms. The van der Waals surface area contributed by atoms with Gasteiger partial charge in [0.05, 0.1) is 5.69 Å². The van der Waals surface area contributed by atoms with Gasteiger partial charge in [0, 0.05) is 11.8 Å².